The number of carbonyl (C=O) groups excluding carboxylic acids is 1. The fourth-order valence-corrected chi connectivity index (χ4v) is 2.00. The van der Waals surface area contributed by atoms with Gasteiger partial charge in [0, 0.05) is 16.5 Å². The van der Waals surface area contributed by atoms with Gasteiger partial charge in [0.05, 0.1) is 0 Å². The van der Waals surface area contributed by atoms with E-state index >= 15 is 0 Å². The lowest BCUT2D eigenvalue weighted by Crippen LogP contribution is -2.38. The number of nitrogens with two attached hydrogens (primary N) is 1. The van der Waals surface area contributed by atoms with E-state index < -0.39 is 10.8 Å². The lowest BCUT2D eigenvalue weighted by molar-refractivity contribution is -0.119. The van der Waals surface area contributed by atoms with E-state index in [1.54, 1.807) is 0 Å². The number of amides is 1. The Balaban J connectivity index is 0.00000144. The Bertz CT molecular complexity index is 286. The predicted octanol–water partition coefficient (Wildman–Crippen LogP) is 2.52. The Morgan fingerprint density at radius 2 is 2.08 bits per heavy atom. The van der Waals surface area contributed by atoms with Crippen molar-refractivity contribution in [1.29, 1.82) is 0 Å². The summed E-state index contributed by atoms with van der Waals surface area (Å²) in [5.74, 6) is -0.645. The monoisotopic (exact) mass is 261 g/mol. The minimum atomic E-state index is -1.26. The van der Waals surface area contributed by atoms with Crippen LogP contribution in [0.25, 0.3) is 0 Å². The molecule has 1 unspecified atom stereocenters. The molecule has 0 aliphatic heterocycles. The second kappa shape index (κ2) is 4.56. The van der Waals surface area contributed by atoms with Crippen LogP contribution in [0.2, 0.25) is 0 Å². The first-order valence-corrected chi connectivity index (χ1v) is 4.31. The van der Waals surface area contributed by atoms with Gasteiger partial charge in [0.15, 0.2) is 0 Å². The van der Waals surface area contributed by atoms with Crippen molar-refractivity contribution in [2.24, 2.45) is 5.73 Å². The van der Waals surface area contributed by atoms with Crippen LogP contribution in [0.3, 0.4) is 0 Å². The van der Waals surface area contributed by atoms with Crippen LogP contribution in [0.1, 0.15) is 6.42 Å². The third-order valence-corrected chi connectivity index (χ3v) is 2.39. The van der Waals surface area contributed by atoms with E-state index in [1.165, 1.54) is 12.2 Å². The molecule has 1 aliphatic rings. The molecule has 0 radical (unpaired) electrons. The molecule has 2 nitrogen and oxygen atoms in total. The number of rotatable bonds is 1. The highest BCUT2D eigenvalue weighted by atomic mass is 35.5. The van der Waals surface area contributed by atoms with Crippen LogP contribution in [0, 0.1) is 0 Å². The average Bonchev–Trinajstić information content (AvgIpc) is 1.82. The van der Waals surface area contributed by atoms with Crippen molar-refractivity contribution in [3.63, 3.8) is 0 Å². The Morgan fingerprint density at radius 1 is 1.54 bits per heavy atom. The number of hydrogen-bond donors (Lipinski definition) is 1. The third-order valence-electron chi connectivity index (χ3n) is 1.50. The van der Waals surface area contributed by atoms with Crippen molar-refractivity contribution in [3.8, 4) is 0 Å². The van der Waals surface area contributed by atoms with Gasteiger partial charge in [-0.2, -0.15) is 0 Å². The molecule has 1 rings (SSSR count). The average molecular weight is 263 g/mol. The van der Waals surface area contributed by atoms with Crippen LogP contribution in [-0.4, -0.2) is 10.8 Å². The summed E-state index contributed by atoms with van der Waals surface area (Å²) in [6.07, 6.45) is 3.12. The number of alkyl halides is 1. The molecule has 1 amide bonds. The van der Waals surface area contributed by atoms with Gasteiger partial charge >= 0.3 is 0 Å². The minimum absolute atomic E-state index is 0. The number of hydrogen-bond acceptors (Lipinski definition) is 1. The SMILES string of the molecule is Cl.NC(=O)C1(Cl)C=C(Cl)C=C(Cl)C1. The van der Waals surface area contributed by atoms with Gasteiger partial charge in [0.2, 0.25) is 5.91 Å². The summed E-state index contributed by atoms with van der Waals surface area (Å²) in [5.41, 5.74) is 5.07. The predicted molar refractivity (Wildman–Crippen MR) is 57.5 cm³/mol. The van der Waals surface area contributed by atoms with Crippen LogP contribution < -0.4 is 5.73 Å². The Morgan fingerprint density at radius 3 is 2.46 bits per heavy atom. The molecule has 1 aliphatic carbocycles. The molecule has 0 bridgehead atoms. The summed E-state index contributed by atoms with van der Waals surface area (Å²) in [7, 11) is 0. The first-order chi connectivity index (χ1) is 5.44. The molecule has 6 heteroatoms. The van der Waals surface area contributed by atoms with Crippen LogP contribution in [0.4, 0.5) is 0 Å². The fraction of sp³-hybridized carbons (Fsp3) is 0.286. The quantitative estimate of drug-likeness (QED) is 0.725. The molecular formula is C7H7Cl4NO. The first kappa shape index (κ1) is 13.1. The van der Waals surface area contributed by atoms with Gasteiger partial charge < -0.3 is 5.73 Å². The van der Waals surface area contributed by atoms with E-state index in [9.17, 15) is 4.79 Å². The molecule has 2 N–H and O–H groups in total. The second-order valence-corrected chi connectivity index (χ2v) is 4.12. The maximum absolute atomic E-state index is 10.9. The summed E-state index contributed by atoms with van der Waals surface area (Å²) in [4.78, 5) is 9.61. The molecule has 0 aromatic heterocycles. The molecule has 0 saturated heterocycles. The van der Waals surface area contributed by atoms with E-state index in [2.05, 4.69) is 0 Å². The van der Waals surface area contributed by atoms with Crippen molar-refractivity contribution in [2.75, 3.05) is 0 Å². The fourth-order valence-electron chi connectivity index (χ4n) is 0.916. The van der Waals surface area contributed by atoms with Gasteiger partial charge in [-0.05, 0) is 12.2 Å². The number of carbonyl (C=O) groups is 1. The molecule has 0 heterocycles. The summed E-state index contributed by atoms with van der Waals surface area (Å²) >= 11 is 17.2. The summed E-state index contributed by atoms with van der Waals surface area (Å²) in [6, 6.07) is 0. The summed E-state index contributed by atoms with van der Waals surface area (Å²) < 4.78 is 0. The molecule has 0 fully saturated rings. The normalized spacial score (nSPS) is 27.0. The summed E-state index contributed by atoms with van der Waals surface area (Å²) in [6.45, 7) is 0. The highest BCUT2D eigenvalue weighted by Crippen LogP contribution is 2.34. The van der Waals surface area contributed by atoms with Gasteiger partial charge in [-0.3, -0.25) is 4.79 Å². The second-order valence-electron chi connectivity index (χ2n) is 2.52. The van der Waals surface area contributed by atoms with Crippen molar-refractivity contribution < 1.29 is 4.79 Å². The van der Waals surface area contributed by atoms with E-state index in [4.69, 9.17) is 40.5 Å². The molecule has 0 aromatic rings. The molecule has 1 atom stereocenters. The van der Waals surface area contributed by atoms with Gasteiger partial charge in [-0.25, -0.2) is 0 Å². The third kappa shape index (κ3) is 3.06. The number of primary amides is 1. The van der Waals surface area contributed by atoms with Crippen molar-refractivity contribution in [2.45, 2.75) is 11.3 Å². The zero-order chi connectivity index (χ0) is 9.35. The Labute approximate surface area is 97.1 Å². The molecule has 0 aromatic carbocycles. The van der Waals surface area contributed by atoms with E-state index in [0.29, 0.717) is 10.1 Å². The maximum atomic E-state index is 10.9. The van der Waals surface area contributed by atoms with Crippen molar-refractivity contribution >= 4 is 53.1 Å². The highest BCUT2D eigenvalue weighted by molar-refractivity contribution is 6.41. The van der Waals surface area contributed by atoms with Crippen LogP contribution in [0.15, 0.2) is 22.2 Å². The highest BCUT2D eigenvalue weighted by Gasteiger charge is 2.35. The minimum Gasteiger partial charge on any atom is -0.368 e. The van der Waals surface area contributed by atoms with Gasteiger partial charge in [-0.1, -0.05) is 23.2 Å². The van der Waals surface area contributed by atoms with Gasteiger partial charge in [-0.15, -0.1) is 24.0 Å². The molecule has 0 saturated carbocycles. The zero-order valence-electron chi connectivity index (χ0n) is 6.39. The molecule has 13 heavy (non-hydrogen) atoms. The van der Waals surface area contributed by atoms with Crippen LogP contribution >= 0.6 is 47.2 Å². The molecule has 74 valence electrons. The van der Waals surface area contributed by atoms with E-state index in [1.807, 2.05) is 0 Å². The smallest absolute Gasteiger partial charge is 0.242 e. The first-order valence-electron chi connectivity index (χ1n) is 3.17. The number of halogens is 4. The standard InChI is InChI=1S/C7H6Cl3NO.ClH/c8-4-1-5(9)3-7(10,2-4)6(11)12;/h1-2H,3H2,(H2,11,12);1H. The van der Waals surface area contributed by atoms with Gasteiger partial charge in [0.25, 0.3) is 0 Å². The zero-order valence-corrected chi connectivity index (χ0v) is 9.47. The van der Waals surface area contributed by atoms with E-state index in [0.717, 1.165) is 0 Å². The molecular weight excluding hydrogens is 256 g/mol. The van der Waals surface area contributed by atoms with Gasteiger partial charge in [0.1, 0.15) is 4.87 Å². The number of allylic oxidation sites excluding steroid dienone is 3. The van der Waals surface area contributed by atoms with E-state index in [-0.39, 0.29) is 18.8 Å². The lowest BCUT2D eigenvalue weighted by atomic mass is 9.99. The lowest BCUT2D eigenvalue weighted by Gasteiger charge is -2.22. The largest absolute Gasteiger partial charge is 0.368 e. The molecule has 0 spiro atoms. The van der Waals surface area contributed by atoms with Crippen LogP contribution in [-0.2, 0) is 4.79 Å². The summed E-state index contributed by atoms with van der Waals surface area (Å²) in [5, 5.41) is 0.761. The maximum Gasteiger partial charge on any atom is 0.242 e. The topological polar surface area (TPSA) is 43.1 Å². The van der Waals surface area contributed by atoms with Crippen LogP contribution in [0.5, 0.6) is 0 Å². The Kier molecular flexibility index (Phi) is 4.60. The van der Waals surface area contributed by atoms with Crippen molar-refractivity contribution in [1.82, 2.24) is 0 Å². The van der Waals surface area contributed by atoms with Crippen molar-refractivity contribution in [3.05, 3.63) is 22.2 Å². The Hall–Kier alpha value is 0.110.